The molecular formula is C20H15F2N7O. The van der Waals surface area contributed by atoms with Crippen molar-refractivity contribution in [1.29, 1.82) is 0 Å². The molecule has 4 rings (SSSR count). The number of nitrogens with zero attached hydrogens (tertiary/aromatic N) is 5. The monoisotopic (exact) mass is 407 g/mol. The highest BCUT2D eigenvalue weighted by Crippen LogP contribution is 2.30. The van der Waals surface area contributed by atoms with Crippen molar-refractivity contribution in [2.75, 3.05) is 11.1 Å². The molecular weight excluding hydrogens is 392 g/mol. The lowest BCUT2D eigenvalue weighted by atomic mass is 10.0. The van der Waals surface area contributed by atoms with Crippen molar-refractivity contribution in [3.05, 3.63) is 66.4 Å². The smallest absolute Gasteiger partial charge is 0.221 e. The molecule has 10 heteroatoms. The largest absolute Gasteiger partial charge is 0.383 e. The lowest BCUT2D eigenvalue weighted by Crippen LogP contribution is -2.06. The number of tetrazole rings is 1. The number of halogens is 2. The average Bonchev–Trinajstić information content (AvgIpc) is 3.20. The molecule has 0 saturated carbocycles. The van der Waals surface area contributed by atoms with Gasteiger partial charge in [0.05, 0.1) is 5.56 Å². The van der Waals surface area contributed by atoms with Crippen LogP contribution in [-0.4, -0.2) is 31.1 Å². The number of nitrogen functional groups attached to an aromatic ring is 1. The molecule has 0 aliphatic rings. The number of hydrogen-bond donors (Lipinski definition) is 2. The number of rotatable bonds is 4. The third-order valence-electron chi connectivity index (χ3n) is 4.30. The van der Waals surface area contributed by atoms with Crippen LogP contribution in [0.25, 0.3) is 28.2 Å². The van der Waals surface area contributed by atoms with E-state index in [9.17, 15) is 13.6 Å². The summed E-state index contributed by atoms with van der Waals surface area (Å²) >= 11 is 0. The van der Waals surface area contributed by atoms with E-state index in [1.807, 2.05) is 0 Å². The van der Waals surface area contributed by atoms with Gasteiger partial charge in [-0.3, -0.25) is 4.79 Å². The minimum absolute atomic E-state index is 0.112. The first-order chi connectivity index (χ1) is 14.4. The summed E-state index contributed by atoms with van der Waals surface area (Å²) in [7, 11) is 0. The molecule has 0 saturated heterocycles. The topological polar surface area (TPSA) is 112 Å². The van der Waals surface area contributed by atoms with Gasteiger partial charge >= 0.3 is 0 Å². The van der Waals surface area contributed by atoms with Crippen LogP contribution in [0.5, 0.6) is 0 Å². The molecule has 0 atom stereocenters. The van der Waals surface area contributed by atoms with Crippen molar-refractivity contribution in [3.8, 4) is 28.2 Å². The van der Waals surface area contributed by atoms with Crippen LogP contribution in [-0.2, 0) is 4.79 Å². The zero-order chi connectivity index (χ0) is 21.3. The zero-order valence-corrected chi connectivity index (χ0v) is 15.7. The van der Waals surface area contributed by atoms with E-state index in [0.29, 0.717) is 16.8 Å². The van der Waals surface area contributed by atoms with Gasteiger partial charge in [0, 0.05) is 30.4 Å². The minimum Gasteiger partial charge on any atom is -0.383 e. The Morgan fingerprint density at radius 3 is 2.57 bits per heavy atom. The number of benzene rings is 2. The number of hydrogen-bond acceptors (Lipinski definition) is 6. The zero-order valence-electron chi connectivity index (χ0n) is 15.7. The summed E-state index contributed by atoms with van der Waals surface area (Å²) in [6.07, 6.45) is 1.57. The number of carbonyl (C=O) groups is 1. The number of anilines is 2. The molecule has 4 aromatic rings. The molecule has 150 valence electrons. The first kappa shape index (κ1) is 19.1. The van der Waals surface area contributed by atoms with Crippen LogP contribution >= 0.6 is 0 Å². The van der Waals surface area contributed by atoms with Gasteiger partial charge < -0.3 is 11.1 Å². The Balaban J connectivity index is 1.76. The van der Waals surface area contributed by atoms with Crippen LogP contribution < -0.4 is 11.1 Å². The highest BCUT2D eigenvalue weighted by atomic mass is 19.1. The molecule has 1 amide bonds. The second-order valence-electron chi connectivity index (χ2n) is 6.43. The van der Waals surface area contributed by atoms with E-state index >= 15 is 0 Å². The highest BCUT2D eigenvalue weighted by molar-refractivity contribution is 5.89. The van der Waals surface area contributed by atoms with Crippen molar-refractivity contribution < 1.29 is 13.6 Å². The predicted octanol–water partition coefficient (Wildman–Crippen LogP) is 3.21. The lowest BCUT2D eigenvalue weighted by Gasteiger charge is -2.10. The molecule has 0 fully saturated rings. The molecule has 0 bridgehead atoms. The standard InChI is InChI=1S/C20H15F2N7O/c1-11(30)25-15-5-2-12(3-6-15)13-8-16(19(23)24-10-13)20-26-27-28-29(20)18-9-14(21)4-7-17(18)22/h2-10H,1H3,(H2,23,24)(H,25,30). The number of amides is 1. The Morgan fingerprint density at radius 2 is 1.83 bits per heavy atom. The molecule has 3 N–H and O–H groups in total. The van der Waals surface area contributed by atoms with E-state index in [2.05, 4.69) is 25.8 Å². The third-order valence-corrected chi connectivity index (χ3v) is 4.30. The summed E-state index contributed by atoms with van der Waals surface area (Å²) in [6, 6.07) is 11.8. The van der Waals surface area contributed by atoms with Gasteiger partial charge in [-0.05, 0) is 46.3 Å². The molecule has 0 radical (unpaired) electrons. The predicted molar refractivity (Wildman–Crippen MR) is 106 cm³/mol. The SMILES string of the molecule is CC(=O)Nc1ccc(-c2cnc(N)c(-c3nnnn3-c3cc(F)ccc3F)c2)cc1. The third kappa shape index (κ3) is 3.70. The molecule has 0 aliphatic carbocycles. The summed E-state index contributed by atoms with van der Waals surface area (Å²) in [5.74, 6) is -1.26. The van der Waals surface area contributed by atoms with Crippen LogP contribution in [0, 0.1) is 11.6 Å². The van der Waals surface area contributed by atoms with E-state index in [4.69, 9.17) is 5.73 Å². The summed E-state index contributed by atoms with van der Waals surface area (Å²) in [4.78, 5) is 15.4. The fraction of sp³-hybridized carbons (Fsp3) is 0.0500. The van der Waals surface area contributed by atoms with Crippen LogP contribution in [0.15, 0.2) is 54.7 Å². The quantitative estimate of drug-likeness (QED) is 0.537. The summed E-state index contributed by atoms with van der Waals surface area (Å²) in [6.45, 7) is 1.43. The maximum Gasteiger partial charge on any atom is 0.221 e. The number of pyridine rings is 1. The van der Waals surface area contributed by atoms with Crippen molar-refractivity contribution >= 4 is 17.4 Å². The van der Waals surface area contributed by atoms with E-state index in [0.717, 1.165) is 28.4 Å². The fourth-order valence-electron chi connectivity index (χ4n) is 2.93. The van der Waals surface area contributed by atoms with Crippen LogP contribution in [0.4, 0.5) is 20.3 Å². The Labute approximate surface area is 169 Å². The molecule has 2 heterocycles. The first-order valence-corrected chi connectivity index (χ1v) is 8.80. The number of aromatic nitrogens is 5. The van der Waals surface area contributed by atoms with E-state index < -0.39 is 11.6 Å². The van der Waals surface area contributed by atoms with E-state index in [-0.39, 0.29) is 23.2 Å². The molecule has 2 aromatic carbocycles. The van der Waals surface area contributed by atoms with Gasteiger partial charge in [-0.25, -0.2) is 13.8 Å². The van der Waals surface area contributed by atoms with Crippen LogP contribution in [0.1, 0.15) is 6.92 Å². The van der Waals surface area contributed by atoms with Crippen molar-refractivity contribution in [2.24, 2.45) is 0 Å². The minimum atomic E-state index is -0.693. The van der Waals surface area contributed by atoms with Gasteiger partial charge in [0.1, 0.15) is 23.1 Å². The van der Waals surface area contributed by atoms with Gasteiger partial charge in [-0.2, -0.15) is 4.68 Å². The lowest BCUT2D eigenvalue weighted by molar-refractivity contribution is -0.114. The summed E-state index contributed by atoms with van der Waals surface area (Å²) < 4.78 is 28.9. The molecule has 8 nitrogen and oxygen atoms in total. The fourth-order valence-corrected chi connectivity index (χ4v) is 2.93. The molecule has 0 aliphatic heterocycles. The Kier molecular flexibility index (Phi) is 4.88. The summed E-state index contributed by atoms with van der Waals surface area (Å²) in [5.41, 5.74) is 8.37. The highest BCUT2D eigenvalue weighted by Gasteiger charge is 2.18. The summed E-state index contributed by atoms with van der Waals surface area (Å²) in [5, 5.41) is 14.0. The van der Waals surface area contributed by atoms with Gasteiger partial charge in [0.15, 0.2) is 5.82 Å². The second-order valence-corrected chi connectivity index (χ2v) is 6.43. The van der Waals surface area contributed by atoms with Crippen molar-refractivity contribution in [3.63, 3.8) is 0 Å². The molecule has 2 aromatic heterocycles. The Bertz CT molecular complexity index is 1240. The average molecular weight is 407 g/mol. The van der Waals surface area contributed by atoms with Gasteiger partial charge in [0.25, 0.3) is 0 Å². The van der Waals surface area contributed by atoms with Gasteiger partial charge in [-0.15, -0.1) is 5.10 Å². The van der Waals surface area contributed by atoms with Gasteiger partial charge in [-0.1, -0.05) is 12.1 Å². The van der Waals surface area contributed by atoms with E-state index in [1.54, 1.807) is 36.5 Å². The van der Waals surface area contributed by atoms with Crippen molar-refractivity contribution in [2.45, 2.75) is 6.92 Å². The molecule has 0 spiro atoms. The first-order valence-electron chi connectivity index (χ1n) is 8.80. The van der Waals surface area contributed by atoms with Gasteiger partial charge in [0.2, 0.25) is 5.91 Å². The maximum absolute atomic E-state index is 14.2. The second kappa shape index (κ2) is 7.66. The molecule has 0 unspecified atom stereocenters. The number of nitrogens with two attached hydrogens (primary N) is 1. The van der Waals surface area contributed by atoms with Crippen LogP contribution in [0.2, 0.25) is 0 Å². The Hall–Kier alpha value is -4.21. The van der Waals surface area contributed by atoms with E-state index in [1.165, 1.54) is 6.92 Å². The maximum atomic E-state index is 14.2. The normalized spacial score (nSPS) is 10.8. The number of nitrogens with one attached hydrogen (secondary N) is 1. The van der Waals surface area contributed by atoms with Crippen molar-refractivity contribution in [1.82, 2.24) is 25.2 Å². The van der Waals surface area contributed by atoms with Crippen LogP contribution in [0.3, 0.4) is 0 Å². The Morgan fingerprint density at radius 1 is 1.07 bits per heavy atom. The molecule has 30 heavy (non-hydrogen) atoms. The number of carbonyl (C=O) groups excluding carboxylic acids is 1.